The van der Waals surface area contributed by atoms with Crippen LogP contribution >= 0.6 is 23.5 Å². The van der Waals surface area contributed by atoms with Gasteiger partial charge in [0.15, 0.2) is 5.78 Å². The highest BCUT2D eigenvalue weighted by Crippen LogP contribution is 2.22. The SMILES string of the molecule is CSC(SC)C(=O)c1cccnc1. The number of carbonyl (C=O) groups is 1. The van der Waals surface area contributed by atoms with Crippen LogP contribution in [0.25, 0.3) is 0 Å². The van der Waals surface area contributed by atoms with Crippen LogP contribution in [0.5, 0.6) is 0 Å². The van der Waals surface area contributed by atoms with Crippen LogP contribution in [-0.4, -0.2) is 27.9 Å². The molecule has 0 radical (unpaired) electrons. The van der Waals surface area contributed by atoms with Crippen LogP contribution in [0.4, 0.5) is 0 Å². The summed E-state index contributed by atoms with van der Waals surface area (Å²) in [4.78, 5) is 15.6. The molecule has 0 spiro atoms. The minimum Gasteiger partial charge on any atom is -0.292 e. The lowest BCUT2D eigenvalue weighted by atomic mass is 10.2. The molecule has 13 heavy (non-hydrogen) atoms. The van der Waals surface area contributed by atoms with Gasteiger partial charge in [-0.2, -0.15) is 0 Å². The molecule has 4 heteroatoms. The van der Waals surface area contributed by atoms with E-state index < -0.39 is 0 Å². The van der Waals surface area contributed by atoms with Gasteiger partial charge in [-0.25, -0.2) is 0 Å². The lowest BCUT2D eigenvalue weighted by Gasteiger charge is -2.08. The van der Waals surface area contributed by atoms with Crippen LogP contribution in [0, 0.1) is 0 Å². The number of ketones is 1. The molecule has 0 atom stereocenters. The fourth-order valence-electron chi connectivity index (χ4n) is 0.955. The predicted molar refractivity (Wildman–Crippen MR) is 59.4 cm³/mol. The first-order valence-corrected chi connectivity index (χ1v) is 6.37. The maximum Gasteiger partial charge on any atom is 0.187 e. The molecule has 1 heterocycles. The summed E-state index contributed by atoms with van der Waals surface area (Å²) < 4.78 is -0.0100. The van der Waals surface area contributed by atoms with Gasteiger partial charge >= 0.3 is 0 Å². The highest BCUT2D eigenvalue weighted by molar-refractivity contribution is 8.17. The standard InChI is InChI=1S/C9H11NOS2/c1-12-9(13-2)8(11)7-4-3-5-10-6-7/h3-6,9H,1-2H3. The van der Waals surface area contributed by atoms with E-state index in [1.165, 1.54) is 0 Å². The van der Waals surface area contributed by atoms with E-state index in [1.807, 2.05) is 12.5 Å². The van der Waals surface area contributed by atoms with Crippen LogP contribution in [0.1, 0.15) is 10.4 Å². The average molecular weight is 213 g/mol. The monoisotopic (exact) mass is 213 g/mol. The molecule has 2 nitrogen and oxygen atoms in total. The zero-order valence-electron chi connectivity index (χ0n) is 7.56. The third-order valence-corrected chi connectivity index (χ3v) is 4.03. The summed E-state index contributed by atoms with van der Waals surface area (Å²) in [6, 6.07) is 3.58. The first-order chi connectivity index (χ1) is 6.29. The molecule has 1 rings (SSSR count). The van der Waals surface area contributed by atoms with E-state index in [0.717, 1.165) is 0 Å². The average Bonchev–Trinajstić information content (AvgIpc) is 2.21. The molecular formula is C9H11NOS2. The van der Waals surface area contributed by atoms with E-state index in [0.29, 0.717) is 5.56 Å². The van der Waals surface area contributed by atoms with Crippen LogP contribution < -0.4 is 0 Å². The van der Waals surface area contributed by atoms with Gasteiger partial charge in [0.1, 0.15) is 4.58 Å². The maximum atomic E-state index is 11.7. The Morgan fingerprint density at radius 1 is 1.46 bits per heavy atom. The number of carbonyl (C=O) groups excluding carboxylic acids is 1. The smallest absolute Gasteiger partial charge is 0.187 e. The number of Topliss-reactive ketones (excluding diaryl/α,β-unsaturated/α-hetero) is 1. The zero-order valence-corrected chi connectivity index (χ0v) is 9.19. The molecule has 0 unspecified atom stereocenters. The summed E-state index contributed by atoms with van der Waals surface area (Å²) in [7, 11) is 0. The molecule has 0 N–H and O–H groups in total. The van der Waals surface area contributed by atoms with Gasteiger partial charge in [0.05, 0.1) is 0 Å². The second kappa shape index (κ2) is 5.29. The van der Waals surface area contributed by atoms with Gasteiger partial charge < -0.3 is 0 Å². The summed E-state index contributed by atoms with van der Waals surface area (Å²) in [5, 5.41) is 0. The lowest BCUT2D eigenvalue weighted by Crippen LogP contribution is -2.12. The second-order valence-electron chi connectivity index (χ2n) is 2.41. The van der Waals surface area contributed by atoms with Gasteiger partial charge in [-0.1, -0.05) is 0 Å². The molecule has 0 saturated heterocycles. The van der Waals surface area contributed by atoms with E-state index in [4.69, 9.17) is 0 Å². The minimum atomic E-state index is -0.0100. The van der Waals surface area contributed by atoms with Crippen LogP contribution in [0.15, 0.2) is 24.5 Å². The van der Waals surface area contributed by atoms with Gasteiger partial charge in [-0.05, 0) is 24.6 Å². The van der Waals surface area contributed by atoms with E-state index in [1.54, 1.807) is 48.1 Å². The van der Waals surface area contributed by atoms with Gasteiger partial charge in [-0.15, -0.1) is 23.5 Å². The van der Waals surface area contributed by atoms with Crippen molar-refractivity contribution in [2.24, 2.45) is 0 Å². The van der Waals surface area contributed by atoms with Gasteiger partial charge in [0, 0.05) is 18.0 Å². The first kappa shape index (κ1) is 10.6. The highest BCUT2D eigenvalue weighted by atomic mass is 32.2. The molecule has 70 valence electrons. The third kappa shape index (κ3) is 2.74. The van der Waals surface area contributed by atoms with Gasteiger partial charge in [0.25, 0.3) is 0 Å². The molecule has 1 aromatic heterocycles. The third-order valence-electron chi connectivity index (χ3n) is 1.59. The Morgan fingerprint density at radius 2 is 2.15 bits per heavy atom. The van der Waals surface area contributed by atoms with Crippen molar-refractivity contribution in [1.82, 2.24) is 4.98 Å². The first-order valence-electron chi connectivity index (χ1n) is 3.79. The number of rotatable bonds is 4. The van der Waals surface area contributed by atoms with Crippen molar-refractivity contribution in [2.75, 3.05) is 12.5 Å². The molecule has 0 aromatic carbocycles. The number of hydrogen-bond donors (Lipinski definition) is 0. The molecule has 0 saturated carbocycles. The Kier molecular flexibility index (Phi) is 4.32. The van der Waals surface area contributed by atoms with Crippen molar-refractivity contribution < 1.29 is 4.79 Å². The van der Waals surface area contributed by atoms with Crippen molar-refractivity contribution >= 4 is 29.3 Å². The normalized spacial score (nSPS) is 10.4. The summed E-state index contributed by atoms with van der Waals surface area (Å²) in [6.45, 7) is 0. The van der Waals surface area contributed by atoms with Crippen molar-refractivity contribution in [3.05, 3.63) is 30.1 Å². The topological polar surface area (TPSA) is 30.0 Å². The molecule has 0 bridgehead atoms. The van der Waals surface area contributed by atoms with E-state index in [-0.39, 0.29) is 10.4 Å². The number of aromatic nitrogens is 1. The largest absolute Gasteiger partial charge is 0.292 e. The number of thioether (sulfide) groups is 2. The molecule has 1 aromatic rings. The molecule has 0 aliphatic carbocycles. The molecular weight excluding hydrogens is 202 g/mol. The Hall–Kier alpha value is -0.480. The van der Waals surface area contributed by atoms with Gasteiger partial charge in [0.2, 0.25) is 0 Å². The Labute approximate surface area is 86.5 Å². The highest BCUT2D eigenvalue weighted by Gasteiger charge is 2.17. The van der Waals surface area contributed by atoms with Crippen LogP contribution in [0.2, 0.25) is 0 Å². The van der Waals surface area contributed by atoms with Crippen molar-refractivity contribution in [1.29, 1.82) is 0 Å². The summed E-state index contributed by atoms with van der Waals surface area (Å²) in [5.74, 6) is 0.146. The molecule has 0 amide bonds. The van der Waals surface area contributed by atoms with Gasteiger partial charge in [-0.3, -0.25) is 9.78 Å². The fourth-order valence-corrected chi connectivity index (χ4v) is 2.43. The van der Waals surface area contributed by atoms with E-state index >= 15 is 0 Å². The lowest BCUT2D eigenvalue weighted by molar-refractivity contribution is 0.101. The number of nitrogens with zero attached hydrogens (tertiary/aromatic N) is 1. The Balaban J connectivity index is 2.78. The quantitative estimate of drug-likeness (QED) is 0.567. The summed E-state index contributed by atoms with van der Waals surface area (Å²) >= 11 is 3.12. The molecule has 0 fully saturated rings. The predicted octanol–water partition coefficient (Wildman–Crippen LogP) is 2.32. The summed E-state index contributed by atoms with van der Waals surface area (Å²) in [5.41, 5.74) is 0.691. The summed E-state index contributed by atoms with van der Waals surface area (Å²) in [6.07, 6.45) is 7.16. The van der Waals surface area contributed by atoms with Crippen LogP contribution in [0.3, 0.4) is 0 Å². The fraction of sp³-hybridized carbons (Fsp3) is 0.333. The molecule has 0 aliphatic heterocycles. The van der Waals surface area contributed by atoms with Crippen LogP contribution in [-0.2, 0) is 0 Å². The zero-order chi connectivity index (χ0) is 9.68. The van der Waals surface area contributed by atoms with E-state index in [2.05, 4.69) is 4.98 Å². The maximum absolute atomic E-state index is 11.7. The van der Waals surface area contributed by atoms with E-state index in [9.17, 15) is 4.79 Å². The number of pyridine rings is 1. The van der Waals surface area contributed by atoms with Crippen molar-refractivity contribution in [3.63, 3.8) is 0 Å². The second-order valence-corrected chi connectivity index (χ2v) is 4.59. The van der Waals surface area contributed by atoms with Crippen molar-refractivity contribution in [2.45, 2.75) is 4.58 Å². The Morgan fingerprint density at radius 3 is 2.62 bits per heavy atom. The van der Waals surface area contributed by atoms with Crippen molar-refractivity contribution in [3.8, 4) is 0 Å². The molecule has 0 aliphatic rings. The minimum absolute atomic E-state index is 0.0100. The Bertz CT molecular complexity index is 272. The number of hydrogen-bond acceptors (Lipinski definition) is 4.